The van der Waals surface area contributed by atoms with Crippen LogP contribution in [-0.4, -0.2) is 50.4 Å². The number of hydrogen-bond donors (Lipinski definition) is 1. The summed E-state index contributed by atoms with van der Waals surface area (Å²) in [7, 11) is -3.28. The van der Waals surface area contributed by atoms with E-state index >= 15 is 0 Å². The molecule has 2 amide bonds. The van der Waals surface area contributed by atoms with Crippen molar-refractivity contribution in [2.45, 2.75) is 32.6 Å². The molecule has 8 heteroatoms. The largest absolute Gasteiger partial charge is 0.326 e. The van der Waals surface area contributed by atoms with Gasteiger partial charge >= 0.3 is 0 Å². The molecule has 2 heterocycles. The summed E-state index contributed by atoms with van der Waals surface area (Å²) >= 11 is 0. The van der Waals surface area contributed by atoms with Crippen LogP contribution in [0.2, 0.25) is 0 Å². The molecule has 7 nitrogen and oxygen atoms in total. The average molecular weight is 379 g/mol. The van der Waals surface area contributed by atoms with E-state index in [0.29, 0.717) is 31.5 Å². The van der Waals surface area contributed by atoms with Gasteiger partial charge in [0.25, 0.3) is 0 Å². The number of nitrogens with zero attached hydrogens (tertiary/aromatic N) is 2. The Morgan fingerprint density at radius 3 is 2.62 bits per heavy atom. The van der Waals surface area contributed by atoms with Crippen LogP contribution in [0.3, 0.4) is 0 Å². The van der Waals surface area contributed by atoms with Crippen molar-refractivity contribution in [1.29, 1.82) is 0 Å². The van der Waals surface area contributed by atoms with Crippen molar-refractivity contribution >= 4 is 33.2 Å². The molecule has 1 N–H and O–H groups in total. The summed E-state index contributed by atoms with van der Waals surface area (Å²) in [6.07, 6.45) is 3.98. The van der Waals surface area contributed by atoms with Gasteiger partial charge in [-0.2, -0.15) is 0 Å². The van der Waals surface area contributed by atoms with Gasteiger partial charge in [-0.1, -0.05) is 0 Å². The zero-order valence-corrected chi connectivity index (χ0v) is 16.0. The predicted octanol–water partition coefficient (Wildman–Crippen LogP) is 1.73. The van der Waals surface area contributed by atoms with Crippen LogP contribution >= 0.6 is 0 Å². The highest BCUT2D eigenvalue weighted by Gasteiger charge is 2.30. The molecule has 142 valence electrons. The molecule has 1 aromatic carbocycles. The van der Waals surface area contributed by atoms with Gasteiger partial charge < -0.3 is 10.2 Å². The Hall–Kier alpha value is -1.93. The van der Waals surface area contributed by atoms with Crippen molar-refractivity contribution < 1.29 is 18.0 Å². The highest BCUT2D eigenvalue weighted by Crippen LogP contribution is 2.28. The van der Waals surface area contributed by atoms with Crippen molar-refractivity contribution in [3.8, 4) is 0 Å². The summed E-state index contributed by atoms with van der Waals surface area (Å²) in [6, 6.07) is 5.51. The molecule has 2 aliphatic heterocycles. The maximum absolute atomic E-state index is 12.5. The minimum absolute atomic E-state index is 0.132. The van der Waals surface area contributed by atoms with Gasteiger partial charge in [0.05, 0.1) is 12.2 Å². The van der Waals surface area contributed by atoms with E-state index in [1.807, 2.05) is 19.1 Å². The Labute approximate surface area is 154 Å². The highest BCUT2D eigenvalue weighted by molar-refractivity contribution is 7.88. The van der Waals surface area contributed by atoms with Crippen LogP contribution < -0.4 is 10.2 Å². The maximum Gasteiger partial charge on any atom is 0.228 e. The van der Waals surface area contributed by atoms with Crippen LogP contribution in [0.5, 0.6) is 0 Å². The van der Waals surface area contributed by atoms with Gasteiger partial charge in [-0.05, 0) is 49.9 Å². The van der Waals surface area contributed by atoms with Crippen LogP contribution in [0.4, 0.5) is 11.4 Å². The summed E-state index contributed by atoms with van der Waals surface area (Å²) < 4.78 is 24.8. The Morgan fingerprint density at radius 1 is 1.23 bits per heavy atom. The lowest BCUT2D eigenvalue weighted by atomic mass is 9.98. The molecule has 0 bridgehead atoms. The molecule has 2 fully saturated rings. The van der Waals surface area contributed by atoms with Crippen LogP contribution in [0.1, 0.15) is 31.2 Å². The van der Waals surface area contributed by atoms with Crippen LogP contribution in [0.25, 0.3) is 0 Å². The summed E-state index contributed by atoms with van der Waals surface area (Å²) in [6.45, 7) is 3.35. The number of sulfonamides is 1. The molecule has 0 aromatic heterocycles. The molecule has 1 unspecified atom stereocenters. The number of carbonyl (C=O) groups excluding carboxylic acids is 2. The first-order valence-corrected chi connectivity index (χ1v) is 10.8. The first-order chi connectivity index (χ1) is 12.3. The zero-order chi connectivity index (χ0) is 18.9. The second-order valence-corrected chi connectivity index (χ2v) is 9.08. The van der Waals surface area contributed by atoms with Gasteiger partial charge in [0.2, 0.25) is 21.8 Å². The lowest BCUT2D eigenvalue weighted by Crippen LogP contribution is -2.43. The van der Waals surface area contributed by atoms with Crippen molar-refractivity contribution in [2.24, 2.45) is 5.92 Å². The van der Waals surface area contributed by atoms with E-state index in [1.165, 1.54) is 10.6 Å². The first-order valence-electron chi connectivity index (χ1n) is 8.93. The molecular formula is C18H25N3O4S. The first kappa shape index (κ1) is 18.8. The van der Waals surface area contributed by atoms with Gasteiger partial charge in [0, 0.05) is 37.4 Å². The number of rotatable bonds is 4. The standard InChI is InChI=1S/C18H25N3O4S/c1-13-11-15(7-8-16(13)21-10-4-6-17(21)22)19-18(23)14-5-3-9-20(12-14)26(2,24)25/h7-8,11,14H,3-6,9-10,12H2,1-2H3,(H,19,23). The number of nitrogens with one attached hydrogen (secondary N) is 1. The zero-order valence-electron chi connectivity index (χ0n) is 15.2. The second kappa shape index (κ2) is 7.36. The van der Waals surface area contributed by atoms with Crippen molar-refractivity contribution in [2.75, 3.05) is 36.1 Å². The smallest absolute Gasteiger partial charge is 0.228 e. The summed E-state index contributed by atoms with van der Waals surface area (Å²) in [5, 5.41) is 2.89. The molecule has 0 radical (unpaired) electrons. The Kier molecular flexibility index (Phi) is 5.34. The molecule has 2 aliphatic rings. The van der Waals surface area contributed by atoms with E-state index in [1.54, 1.807) is 11.0 Å². The molecule has 1 atom stereocenters. The Bertz CT molecular complexity index is 822. The number of carbonyl (C=O) groups is 2. The third-order valence-electron chi connectivity index (χ3n) is 5.05. The van der Waals surface area contributed by atoms with Gasteiger partial charge in [0.15, 0.2) is 0 Å². The quantitative estimate of drug-likeness (QED) is 0.863. The van der Waals surface area contributed by atoms with E-state index in [2.05, 4.69) is 5.32 Å². The molecule has 0 saturated carbocycles. The van der Waals surface area contributed by atoms with E-state index in [9.17, 15) is 18.0 Å². The van der Waals surface area contributed by atoms with Crippen LogP contribution in [0.15, 0.2) is 18.2 Å². The lowest BCUT2D eigenvalue weighted by Gasteiger charge is -2.30. The fourth-order valence-corrected chi connectivity index (χ4v) is 4.55. The number of benzene rings is 1. The summed E-state index contributed by atoms with van der Waals surface area (Å²) in [5.74, 6) is -0.380. The third kappa shape index (κ3) is 4.07. The fourth-order valence-electron chi connectivity index (χ4n) is 3.64. The van der Waals surface area contributed by atoms with Crippen molar-refractivity contribution in [3.63, 3.8) is 0 Å². The number of piperidine rings is 1. The van der Waals surface area contributed by atoms with E-state index in [-0.39, 0.29) is 24.3 Å². The molecule has 0 spiro atoms. The van der Waals surface area contributed by atoms with E-state index < -0.39 is 10.0 Å². The number of anilines is 2. The van der Waals surface area contributed by atoms with Gasteiger partial charge in [-0.25, -0.2) is 12.7 Å². The Morgan fingerprint density at radius 2 is 2.00 bits per heavy atom. The lowest BCUT2D eigenvalue weighted by molar-refractivity contribution is -0.121. The third-order valence-corrected chi connectivity index (χ3v) is 6.32. The molecular weight excluding hydrogens is 354 g/mol. The van der Waals surface area contributed by atoms with Crippen LogP contribution in [-0.2, 0) is 19.6 Å². The summed E-state index contributed by atoms with van der Waals surface area (Å²) in [5.41, 5.74) is 2.48. The van der Waals surface area contributed by atoms with Crippen LogP contribution in [0, 0.1) is 12.8 Å². The Balaban J connectivity index is 1.68. The SMILES string of the molecule is Cc1cc(NC(=O)C2CCCN(S(C)(=O)=O)C2)ccc1N1CCCC1=O. The van der Waals surface area contributed by atoms with Crippen molar-refractivity contribution in [3.05, 3.63) is 23.8 Å². The molecule has 26 heavy (non-hydrogen) atoms. The maximum atomic E-state index is 12.5. The monoisotopic (exact) mass is 379 g/mol. The number of aryl methyl sites for hydroxylation is 1. The molecule has 3 rings (SSSR count). The van der Waals surface area contributed by atoms with E-state index in [0.717, 1.165) is 24.2 Å². The molecule has 2 saturated heterocycles. The predicted molar refractivity (Wildman–Crippen MR) is 101 cm³/mol. The van der Waals surface area contributed by atoms with Gasteiger partial charge in [0.1, 0.15) is 0 Å². The highest BCUT2D eigenvalue weighted by atomic mass is 32.2. The van der Waals surface area contributed by atoms with E-state index in [4.69, 9.17) is 0 Å². The molecule has 0 aliphatic carbocycles. The number of amides is 2. The fraction of sp³-hybridized carbons (Fsp3) is 0.556. The topological polar surface area (TPSA) is 86.8 Å². The van der Waals surface area contributed by atoms with Gasteiger partial charge in [-0.15, -0.1) is 0 Å². The minimum atomic E-state index is -3.28. The molecule has 1 aromatic rings. The summed E-state index contributed by atoms with van der Waals surface area (Å²) in [4.78, 5) is 26.2. The normalized spacial score (nSPS) is 21.8. The number of hydrogen-bond acceptors (Lipinski definition) is 4. The van der Waals surface area contributed by atoms with Gasteiger partial charge in [-0.3, -0.25) is 9.59 Å². The second-order valence-electron chi connectivity index (χ2n) is 7.10. The van der Waals surface area contributed by atoms with Crippen molar-refractivity contribution in [1.82, 2.24) is 4.31 Å². The minimum Gasteiger partial charge on any atom is -0.326 e. The average Bonchev–Trinajstić information content (AvgIpc) is 3.00.